The summed E-state index contributed by atoms with van der Waals surface area (Å²) >= 11 is 0. The minimum Gasteiger partial charge on any atom is -0.497 e. The van der Waals surface area contributed by atoms with Crippen LogP contribution in [0.4, 0.5) is 10.5 Å². The largest absolute Gasteiger partial charge is 0.497 e. The normalized spacial score (nSPS) is 18.1. The molecule has 0 aliphatic carbocycles. The topological polar surface area (TPSA) is 61.9 Å². The third-order valence-electron chi connectivity index (χ3n) is 3.22. The number of nitrogens with zero attached hydrogens (tertiary/aromatic N) is 2. The zero-order valence-corrected chi connectivity index (χ0v) is 11.9. The molecule has 1 aliphatic heterocycles. The van der Waals surface area contributed by atoms with Crippen LogP contribution in [-0.2, 0) is 4.79 Å². The highest BCUT2D eigenvalue weighted by Crippen LogP contribution is 2.25. The summed E-state index contributed by atoms with van der Waals surface area (Å²) in [4.78, 5) is 26.8. The van der Waals surface area contributed by atoms with Gasteiger partial charge in [0.25, 0.3) is 0 Å². The standard InChI is InChI=1S/C14H19N3O3/c1-16(2)14(19)15-10-7-13(18)17(9-10)11-5-4-6-12(8-11)20-3/h4-6,8,10H,7,9H2,1-3H3,(H,15,19). The van der Waals surface area contributed by atoms with Gasteiger partial charge in [-0.05, 0) is 12.1 Å². The highest BCUT2D eigenvalue weighted by atomic mass is 16.5. The van der Waals surface area contributed by atoms with E-state index in [1.807, 2.05) is 24.3 Å². The maximum atomic E-state index is 12.1. The molecule has 1 aromatic rings. The maximum Gasteiger partial charge on any atom is 0.317 e. The van der Waals surface area contributed by atoms with Crippen molar-refractivity contribution in [3.8, 4) is 5.75 Å². The van der Waals surface area contributed by atoms with Gasteiger partial charge in [0, 0.05) is 38.8 Å². The number of rotatable bonds is 3. The van der Waals surface area contributed by atoms with Gasteiger partial charge in [0.1, 0.15) is 5.75 Å². The van der Waals surface area contributed by atoms with Gasteiger partial charge in [0.2, 0.25) is 5.91 Å². The first-order chi connectivity index (χ1) is 9.51. The predicted octanol–water partition coefficient (Wildman–Crippen LogP) is 1.07. The lowest BCUT2D eigenvalue weighted by molar-refractivity contribution is -0.117. The van der Waals surface area contributed by atoms with Crippen molar-refractivity contribution < 1.29 is 14.3 Å². The van der Waals surface area contributed by atoms with E-state index in [9.17, 15) is 9.59 Å². The van der Waals surface area contributed by atoms with Crippen LogP contribution in [0.2, 0.25) is 0 Å². The fourth-order valence-electron chi connectivity index (χ4n) is 2.14. The van der Waals surface area contributed by atoms with E-state index in [1.165, 1.54) is 4.90 Å². The molecule has 1 atom stereocenters. The highest BCUT2D eigenvalue weighted by Gasteiger charge is 2.31. The van der Waals surface area contributed by atoms with E-state index in [1.54, 1.807) is 26.1 Å². The van der Waals surface area contributed by atoms with Crippen LogP contribution in [0.3, 0.4) is 0 Å². The lowest BCUT2D eigenvalue weighted by Gasteiger charge is -2.19. The van der Waals surface area contributed by atoms with E-state index in [0.29, 0.717) is 18.7 Å². The van der Waals surface area contributed by atoms with E-state index in [0.717, 1.165) is 5.69 Å². The van der Waals surface area contributed by atoms with Crippen LogP contribution < -0.4 is 15.0 Å². The van der Waals surface area contributed by atoms with Gasteiger partial charge in [-0.15, -0.1) is 0 Å². The number of methoxy groups -OCH3 is 1. The second-order valence-corrected chi connectivity index (χ2v) is 4.95. The first-order valence-corrected chi connectivity index (χ1v) is 6.43. The summed E-state index contributed by atoms with van der Waals surface area (Å²) < 4.78 is 5.16. The fraction of sp³-hybridized carbons (Fsp3) is 0.429. The molecule has 3 amide bonds. The second-order valence-electron chi connectivity index (χ2n) is 4.95. The Balaban J connectivity index is 2.07. The number of amides is 3. The van der Waals surface area contributed by atoms with Crippen LogP contribution in [0.1, 0.15) is 6.42 Å². The number of hydrogen-bond acceptors (Lipinski definition) is 3. The summed E-state index contributed by atoms with van der Waals surface area (Å²) in [6, 6.07) is 6.99. The number of carbonyl (C=O) groups excluding carboxylic acids is 2. The van der Waals surface area contributed by atoms with E-state index in [4.69, 9.17) is 4.74 Å². The molecular formula is C14H19N3O3. The second kappa shape index (κ2) is 5.81. The van der Waals surface area contributed by atoms with Gasteiger partial charge in [-0.2, -0.15) is 0 Å². The van der Waals surface area contributed by atoms with Crippen molar-refractivity contribution in [2.24, 2.45) is 0 Å². The first-order valence-electron chi connectivity index (χ1n) is 6.43. The molecule has 1 aliphatic rings. The average molecular weight is 277 g/mol. The molecule has 0 aromatic heterocycles. The SMILES string of the molecule is COc1cccc(N2CC(NC(=O)N(C)C)CC2=O)c1. The summed E-state index contributed by atoms with van der Waals surface area (Å²) in [7, 11) is 4.93. The number of ether oxygens (including phenoxy) is 1. The third-order valence-corrected chi connectivity index (χ3v) is 3.22. The molecule has 6 nitrogen and oxygen atoms in total. The van der Waals surface area contributed by atoms with Crippen molar-refractivity contribution in [1.29, 1.82) is 0 Å². The molecule has 1 N–H and O–H groups in total. The summed E-state index contributed by atoms with van der Waals surface area (Å²) in [6.45, 7) is 0.478. The van der Waals surface area contributed by atoms with E-state index in [-0.39, 0.29) is 18.0 Å². The van der Waals surface area contributed by atoms with Gasteiger partial charge < -0.3 is 19.9 Å². The molecule has 108 valence electrons. The molecule has 0 saturated carbocycles. The molecular weight excluding hydrogens is 258 g/mol. The van der Waals surface area contributed by atoms with E-state index in [2.05, 4.69) is 5.32 Å². The van der Waals surface area contributed by atoms with Crippen molar-refractivity contribution >= 4 is 17.6 Å². The molecule has 0 radical (unpaired) electrons. The number of urea groups is 1. The summed E-state index contributed by atoms with van der Waals surface area (Å²) in [5, 5.41) is 2.83. The molecule has 2 rings (SSSR count). The van der Waals surface area contributed by atoms with Gasteiger partial charge in [0.05, 0.1) is 13.2 Å². The van der Waals surface area contributed by atoms with Gasteiger partial charge in [-0.1, -0.05) is 6.07 Å². The van der Waals surface area contributed by atoms with Crippen LogP contribution in [0, 0.1) is 0 Å². The van der Waals surface area contributed by atoms with Crippen LogP contribution in [-0.4, -0.2) is 50.6 Å². The average Bonchev–Trinajstić information content (AvgIpc) is 2.79. The lowest BCUT2D eigenvalue weighted by Crippen LogP contribution is -2.42. The van der Waals surface area contributed by atoms with Crippen LogP contribution in [0.15, 0.2) is 24.3 Å². The summed E-state index contributed by atoms with van der Waals surface area (Å²) in [5.74, 6) is 0.707. The van der Waals surface area contributed by atoms with Crippen LogP contribution in [0.25, 0.3) is 0 Å². The Kier molecular flexibility index (Phi) is 4.12. The molecule has 1 unspecified atom stereocenters. The van der Waals surface area contributed by atoms with Crippen molar-refractivity contribution in [2.45, 2.75) is 12.5 Å². The Hall–Kier alpha value is -2.24. The molecule has 0 bridgehead atoms. The minimum atomic E-state index is -0.185. The fourth-order valence-corrected chi connectivity index (χ4v) is 2.14. The Labute approximate surface area is 118 Å². The zero-order chi connectivity index (χ0) is 14.7. The number of anilines is 1. The zero-order valence-electron chi connectivity index (χ0n) is 11.9. The van der Waals surface area contributed by atoms with E-state index >= 15 is 0 Å². The van der Waals surface area contributed by atoms with Crippen LogP contribution in [0.5, 0.6) is 5.75 Å². The molecule has 6 heteroatoms. The Morgan fingerprint density at radius 2 is 2.20 bits per heavy atom. The van der Waals surface area contributed by atoms with Crippen molar-refractivity contribution in [3.05, 3.63) is 24.3 Å². The molecule has 1 heterocycles. The summed E-state index contributed by atoms with van der Waals surface area (Å²) in [6.07, 6.45) is 0.316. The molecule has 0 spiro atoms. The predicted molar refractivity (Wildman–Crippen MR) is 76.0 cm³/mol. The number of hydrogen-bond donors (Lipinski definition) is 1. The monoisotopic (exact) mass is 277 g/mol. The highest BCUT2D eigenvalue weighted by molar-refractivity contribution is 5.97. The number of carbonyl (C=O) groups is 2. The van der Waals surface area contributed by atoms with Gasteiger partial charge in [-0.25, -0.2) is 4.79 Å². The molecule has 1 aromatic carbocycles. The van der Waals surface area contributed by atoms with Crippen molar-refractivity contribution in [1.82, 2.24) is 10.2 Å². The Morgan fingerprint density at radius 3 is 2.85 bits per heavy atom. The summed E-state index contributed by atoms with van der Waals surface area (Å²) in [5.41, 5.74) is 0.788. The lowest BCUT2D eigenvalue weighted by atomic mass is 10.2. The first kappa shape index (κ1) is 14.2. The van der Waals surface area contributed by atoms with Gasteiger partial charge >= 0.3 is 6.03 Å². The molecule has 1 fully saturated rings. The molecule has 20 heavy (non-hydrogen) atoms. The smallest absolute Gasteiger partial charge is 0.317 e. The number of nitrogens with one attached hydrogen (secondary N) is 1. The van der Waals surface area contributed by atoms with Crippen molar-refractivity contribution in [2.75, 3.05) is 32.6 Å². The van der Waals surface area contributed by atoms with E-state index < -0.39 is 0 Å². The third kappa shape index (κ3) is 3.01. The Bertz CT molecular complexity index is 516. The van der Waals surface area contributed by atoms with Gasteiger partial charge in [0.15, 0.2) is 0 Å². The quantitative estimate of drug-likeness (QED) is 0.899. The Morgan fingerprint density at radius 1 is 1.45 bits per heavy atom. The minimum absolute atomic E-state index is 0.00214. The maximum absolute atomic E-state index is 12.1. The number of benzene rings is 1. The molecule has 1 saturated heterocycles. The van der Waals surface area contributed by atoms with Crippen molar-refractivity contribution in [3.63, 3.8) is 0 Å². The van der Waals surface area contributed by atoms with Crippen LogP contribution >= 0.6 is 0 Å². The van der Waals surface area contributed by atoms with Gasteiger partial charge in [-0.3, -0.25) is 4.79 Å².